The normalized spacial score (nSPS) is 12.1. The van der Waals surface area contributed by atoms with Crippen LogP contribution in [-0.2, 0) is 8.85 Å². The van der Waals surface area contributed by atoms with Crippen LogP contribution in [-0.4, -0.2) is 22.5 Å². The Morgan fingerprint density at radius 2 is 1.26 bits per heavy atom. The molecule has 0 N–H and O–H groups in total. The van der Waals surface area contributed by atoms with Gasteiger partial charge in [0.05, 0.1) is 0 Å². The van der Waals surface area contributed by atoms with Gasteiger partial charge in [0.1, 0.15) is 0 Å². The van der Waals surface area contributed by atoms with E-state index in [4.69, 9.17) is 8.85 Å². The van der Waals surface area contributed by atoms with Gasteiger partial charge in [-0.3, -0.25) is 0 Å². The Labute approximate surface area is 137 Å². The quantitative estimate of drug-likeness (QED) is 0.402. The highest BCUT2D eigenvalue weighted by atomic mass is 28.3. The van der Waals surface area contributed by atoms with E-state index >= 15 is 0 Å². The molecule has 0 aliphatic heterocycles. The van der Waals surface area contributed by atoms with Gasteiger partial charge in [0.25, 0.3) is 0 Å². The maximum absolute atomic E-state index is 5.94. The molecule has 0 bridgehead atoms. The summed E-state index contributed by atoms with van der Waals surface area (Å²) in [6, 6.07) is 19.7. The predicted molar refractivity (Wildman–Crippen MR) is 98.8 cm³/mol. The van der Waals surface area contributed by atoms with E-state index in [0.29, 0.717) is 13.2 Å². The minimum Gasteiger partial charge on any atom is -0.390 e. The molecule has 3 heteroatoms. The molecule has 0 saturated carbocycles. The van der Waals surface area contributed by atoms with Crippen LogP contribution in [0.4, 0.5) is 0 Å². The van der Waals surface area contributed by atoms with Gasteiger partial charge < -0.3 is 8.85 Å². The number of hydrogen-bond acceptors (Lipinski definition) is 2. The topological polar surface area (TPSA) is 18.5 Å². The molecule has 0 saturated heterocycles. The zero-order valence-corrected chi connectivity index (χ0v) is 14.4. The van der Waals surface area contributed by atoms with Crippen LogP contribution in [0.25, 0.3) is 32.3 Å². The minimum atomic E-state index is -1.45. The maximum atomic E-state index is 5.94. The zero-order valence-electron chi connectivity index (χ0n) is 13.4. The molecule has 0 aliphatic rings. The first-order chi connectivity index (χ1) is 11.3. The highest BCUT2D eigenvalue weighted by molar-refractivity contribution is 6.65. The molecule has 4 aromatic carbocycles. The van der Waals surface area contributed by atoms with Crippen LogP contribution >= 0.6 is 0 Å². The van der Waals surface area contributed by atoms with Gasteiger partial charge >= 0.3 is 9.28 Å². The van der Waals surface area contributed by atoms with Crippen molar-refractivity contribution < 1.29 is 8.85 Å². The summed E-state index contributed by atoms with van der Waals surface area (Å²) in [5.74, 6) is 0. The van der Waals surface area contributed by atoms with Crippen molar-refractivity contribution in [2.24, 2.45) is 0 Å². The largest absolute Gasteiger partial charge is 0.424 e. The van der Waals surface area contributed by atoms with Crippen molar-refractivity contribution in [3.05, 3.63) is 54.6 Å². The van der Waals surface area contributed by atoms with Crippen LogP contribution in [0.2, 0.25) is 0 Å². The van der Waals surface area contributed by atoms with Gasteiger partial charge in [-0.05, 0) is 46.2 Å². The monoisotopic (exact) mass is 319 g/mol. The second-order valence-corrected chi connectivity index (χ2v) is 7.31. The summed E-state index contributed by atoms with van der Waals surface area (Å²) in [5.41, 5.74) is 0. The Bertz CT molecular complexity index is 942. The average Bonchev–Trinajstić information content (AvgIpc) is 2.59. The lowest BCUT2D eigenvalue weighted by atomic mass is 9.94. The fourth-order valence-corrected chi connectivity index (χ4v) is 4.94. The molecule has 0 aliphatic carbocycles. The van der Waals surface area contributed by atoms with E-state index in [0.717, 1.165) is 0 Å². The van der Waals surface area contributed by atoms with Crippen LogP contribution < -0.4 is 5.19 Å². The van der Waals surface area contributed by atoms with Crippen LogP contribution in [0.5, 0.6) is 0 Å². The Morgan fingerprint density at radius 1 is 0.696 bits per heavy atom. The Balaban J connectivity index is 2.06. The van der Waals surface area contributed by atoms with Crippen molar-refractivity contribution in [2.75, 3.05) is 13.2 Å². The van der Waals surface area contributed by atoms with Gasteiger partial charge in [-0.25, -0.2) is 0 Å². The second kappa shape index (κ2) is 5.93. The lowest BCUT2D eigenvalue weighted by Gasteiger charge is -2.18. The van der Waals surface area contributed by atoms with Crippen LogP contribution in [0.3, 0.4) is 0 Å². The number of benzene rings is 4. The summed E-state index contributed by atoms with van der Waals surface area (Å²) in [5, 5.41) is 9.02. The van der Waals surface area contributed by atoms with E-state index < -0.39 is 9.28 Å². The summed E-state index contributed by atoms with van der Waals surface area (Å²) in [4.78, 5) is 0. The standard InChI is InChI=1S/C20H19O2Si/c1-3-21-23(22-4-2)18-13-11-16-9-8-14-6-5-7-15-10-12-17(18)20(16)19(14)15/h5-13H,3-4H2,1-2H3. The first-order valence-electron chi connectivity index (χ1n) is 8.13. The molecular formula is C20H19O2Si. The fraction of sp³-hybridized carbons (Fsp3) is 0.200. The Hall–Kier alpha value is -1.94. The van der Waals surface area contributed by atoms with E-state index in [1.165, 1.54) is 37.5 Å². The molecule has 0 spiro atoms. The first-order valence-corrected chi connectivity index (χ1v) is 9.44. The second-order valence-electron chi connectivity index (χ2n) is 5.62. The van der Waals surface area contributed by atoms with Crippen molar-refractivity contribution in [3.63, 3.8) is 0 Å². The van der Waals surface area contributed by atoms with E-state index in [2.05, 4.69) is 54.6 Å². The lowest BCUT2D eigenvalue weighted by Crippen LogP contribution is -2.37. The van der Waals surface area contributed by atoms with Gasteiger partial charge in [-0.15, -0.1) is 0 Å². The van der Waals surface area contributed by atoms with Gasteiger partial charge in [0, 0.05) is 18.4 Å². The molecule has 0 heterocycles. The van der Waals surface area contributed by atoms with Crippen molar-refractivity contribution in [1.29, 1.82) is 0 Å². The maximum Gasteiger partial charge on any atom is 0.424 e. The van der Waals surface area contributed by atoms with Crippen LogP contribution in [0.15, 0.2) is 54.6 Å². The van der Waals surface area contributed by atoms with Crippen molar-refractivity contribution in [2.45, 2.75) is 13.8 Å². The Kier molecular flexibility index (Phi) is 3.77. The van der Waals surface area contributed by atoms with Crippen LogP contribution in [0, 0.1) is 0 Å². The highest BCUT2D eigenvalue weighted by Gasteiger charge is 2.22. The molecule has 0 fully saturated rings. The summed E-state index contributed by atoms with van der Waals surface area (Å²) < 4.78 is 11.9. The van der Waals surface area contributed by atoms with E-state index in [9.17, 15) is 0 Å². The average molecular weight is 319 g/mol. The molecular weight excluding hydrogens is 300 g/mol. The third-order valence-corrected chi connectivity index (χ3v) is 6.28. The molecule has 115 valence electrons. The molecule has 0 aromatic heterocycles. The fourth-order valence-electron chi connectivity index (χ4n) is 3.37. The minimum absolute atomic E-state index is 0.677. The molecule has 4 rings (SSSR count). The summed E-state index contributed by atoms with van der Waals surface area (Å²) >= 11 is 0. The molecule has 0 amide bonds. The van der Waals surface area contributed by atoms with Gasteiger partial charge in [0.15, 0.2) is 0 Å². The third kappa shape index (κ3) is 2.32. The van der Waals surface area contributed by atoms with Crippen molar-refractivity contribution in [1.82, 2.24) is 0 Å². The lowest BCUT2D eigenvalue weighted by molar-refractivity contribution is 0.225. The van der Waals surface area contributed by atoms with E-state index in [1.54, 1.807) is 0 Å². The Morgan fingerprint density at radius 3 is 1.91 bits per heavy atom. The number of hydrogen-bond donors (Lipinski definition) is 0. The molecule has 0 unspecified atom stereocenters. The van der Waals surface area contributed by atoms with Crippen LogP contribution in [0.1, 0.15) is 13.8 Å². The van der Waals surface area contributed by atoms with E-state index in [-0.39, 0.29) is 0 Å². The van der Waals surface area contributed by atoms with E-state index in [1.807, 2.05) is 13.8 Å². The molecule has 2 nitrogen and oxygen atoms in total. The molecule has 0 atom stereocenters. The molecule has 1 radical (unpaired) electrons. The molecule has 4 aromatic rings. The van der Waals surface area contributed by atoms with Crippen molar-refractivity contribution >= 4 is 46.8 Å². The number of rotatable bonds is 5. The smallest absolute Gasteiger partial charge is 0.390 e. The SMILES string of the molecule is CCO[Si](OCC)c1ccc2ccc3cccc4ccc1c2c34. The summed E-state index contributed by atoms with van der Waals surface area (Å²) in [6.07, 6.45) is 0. The highest BCUT2D eigenvalue weighted by Crippen LogP contribution is 2.33. The summed E-state index contributed by atoms with van der Waals surface area (Å²) in [7, 11) is -1.45. The first kappa shape index (κ1) is 14.6. The third-order valence-electron chi connectivity index (χ3n) is 4.30. The van der Waals surface area contributed by atoms with Gasteiger partial charge in [0.2, 0.25) is 0 Å². The van der Waals surface area contributed by atoms with Gasteiger partial charge in [-0.2, -0.15) is 0 Å². The zero-order chi connectivity index (χ0) is 15.8. The predicted octanol–water partition coefficient (Wildman–Crippen LogP) is 4.35. The summed E-state index contributed by atoms with van der Waals surface area (Å²) in [6.45, 7) is 5.41. The van der Waals surface area contributed by atoms with Crippen molar-refractivity contribution in [3.8, 4) is 0 Å². The molecule has 23 heavy (non-hydrogen) atoms. The van der Waals surface area contributed by atoms with Gasteiger partial charge in [-0.1, -0.05) is 54.6 Å².